The van der Waals surface area contributed by atoms with E-state index in [0.717, 1.165) is 21.6 Å². The molecule has 1 amide bonds. The molecular weight excluding hydrogens is 447 g/mol. The van der Waals surface area contributed by atoms with Gasteiger partial charge in [0.1, 0.15) is 11.2 Å². The van der Waals surface area contributed by atoms with E-state index in [-0.39, 0.29) is 22.7 Å². The van der Waals surface area contributed by atoms with E-state index in [1.54, 1.807) is 53.3 Å². The summed E-state index contributed by atoms with van der Waals surface area (Å²) in [5, 5.41) is 9.45. The van der Waals surface area contributed by atoms with Crippen molar-refractivity contribution in [2.75, 3.05) is 16.4 Å². The molecule has 1 aliphatic rings. The Balaban J connectivity index is 1.66. The summed E-state index contributed by atoms with van der Waals surface area (Å²) in [6.07, 6.45) is 4.00. The third-order valence-electron chi connectivity index (χ3n) is 5.35. The lowest BCUT2D eigenvalue weighted by molar-refractivity contribution is -0.115. The largest absolute Gasteiger partial charge is 0.478 e. The maximum absolute atomic E-state index is 13.4. The van der Waals surface area contributed by atoms with Crippen LogP contribution in [0, 0.1) is 12.7 Å². The van der Waals surface area contributed by atoms with Gasteiger partial charge < -0.3 is 5.11 Å². The topological polar surface area (TPSA) is 70.5 Å². The summed E-state index contributed by atoms with van der Waals surface area (Å²) in [5.41, 5.74) is 3.28. The van der Waals surface area contributed by atoms with Crippen molar-refractivity contribution < 1.29 is 19.1 Å². The smallest absolute Gasteiger partial charge is 0.335 e. The molecule has 3 aromatic rings. The summed E-state index contributed by atoms with van der Waals surface area (Å²) in [7, 11) is 0. The van der Waals surface area contributed by atoms with Crippen LogP contribution in [-0.2, 0) is 11.2 Å². The Hall–Kier alpha value is -2.84. The summed E-state index contributed by atoms with van der Waals surface area (Å²) < 4.78 is 13.4. The quantitative estimate of drug-likeness (QED) is 0.472. The number of aromatic carboxylic acids is 1. The van der Waals surface area contributed by atoms with E-state index in [9.17, 15) is 19.1 Å². The van der Waals surface area contributed by atoms with Crippen LogP contribution in [-0.4, -0.2) is 33.5 Å². The van der Waals surface area contributed by atoms with Crippen molar-refractivity contribution in [3.63, 3.8) is 0 Å². The zero-order chi connectivity index (χ0) is 22.7. The minimum Gasteiger partial charge on any atom is -0.478 e. The maximum Gasteiger partial charge on any atom is 0.335 e. The Kier molecular flexibility index (Phi) is 6.81. The van der Waals surface area contributed by atoms with Crippen LogP contribution in [0.25, 0.3) is 0 Å². The normalized spacial score (nSPS) is 15.9. The van der Waals surface area contributed by atoms with Crippen LogP contribution in [0.2, 0.25) is 0 Å². The number of hydrogen-bond acceptors (Lipinski definition) is 5. The number of thioether (sulfide) groups is 2. The highest BCUT2D eigenvalue weighted by atomic mass is 32.2. The van der Waals surface area contributed by atoms with Gasteiger partial charge in [0.2, 0.25) is 5.91 Å². The number of carboxylic acid groups (broad SMARTS) is 1. The molecular formula is C24H21FN2O3S2. The van der Waals surface area contributed by atoms with Gasteiger partial charge in [0.05, 0.1) is 11.3 Å². The third kappa shape index (κ3) is 4.66. The van der Waals surface area contributed by atoms with Crippen LogP contribution in [0.4, 0.5) is 10.1 Å². The summed E-state index contributed by atoms with van der Waals surface area (Å²) in [4.78, 5) is 31.5. The molecule has 2 heterocycles. The summed E-state index contributed by atoms with van der Waals surface area (Å²) in [6.45, 7) is 1.87. The molecule has 2 aromatic carbocycles. The molecule has 4 rings (SSSR count). The molecule has 32 heavy (non-hydrogen) atoms. The SMILES string of the molecule is Cc1c(N2C(=O)CSC2c2ccc(F)cc2)ccc(C(=O)O)c1CCSc1ccncc1. The number of carbonyl (C=O) groups excluding carboxylic acids is 1. The van der Waals surface area contributed by atoms with Gasteiger partial charge in [-0.2, -0.15) is 0 Å². The van der Waals surface area contributed by atoms with E-state index in [0.29, 0.717) is 23.6 Å². The first-order chi connectivity index (χ1) is 15.5. The Morgan fingerprint density at radius 2 is 1.91 bits per heavy atom. The van der Waals surface area contributed by atoms with Crippen molar-refractivity contribution in [3.8, 4) is 0 Å². The molecule has 5 nitrogen and oxygen atoms in total. The number of aromatic nitrogens is 1. The van der Waals surface area contributed by atoms with Gasteiger partial charge in [-0.1, -0.05) is 12.1 Å². The second-order valence-electron chi connectivity index (χ2n) is 7.30. The van der Waals surface area contributed by atoms with Crippen LogP contribution in [0.15, 0.2) is 65.8 Å². The van der Waals surface area contributed by atoms with Gasteiger partial charge >= 0.3 is 5.97 Å². The predicted molar refractivity (Wildman–Crippen MR) is 126 cm³/mol. The first-order valence-corrected chi connectivity index (χ1v) is 12.1. The van der Waals surface area contributed by atoms with Crippen molar-refractivity contribution in [3.05, 3.63) is 89.0 Å². The van der Waals surface area contributed by atoms with Gasteiger partial charge in [0, 0.05) is 28.7 Å². The zero-order valence-corrected chi connectivity index (χ0v) is 19.0. The zero-order valence-electron chi connectivity index (χ0n) is 17.3. The molecule has 1 aromatic heterocycles. The molecule has 1 fully saturated rings. The highest BCUT2D eigenvalue weighted by Crippen LogP contribution is 2.43. The van der Waals surface area contributed by atoms with Gasteiger partial charge in [-0.15, -0.1) is 23.5 Å². The number of nitrogens with zero attached hydrogens (tertiary/aromatic N) is 2. The molecule has 1 atom stereocenters. The fraction of sp³-hybridized carbons (Fsp3) is 0.208. The number of anilines is 1. The van der Waals surface area contributed by atoms with Gasteiger partial charge in [-0.05, 0) is 66.4 Å². The monoisotopic (exact) mass is 468 g/mol. The number of carbonyl (C=O) groups is 2. The summed E-state index contributed by atoms with van der Waals surface area (Å²) >= 11 is 3.11. The molecule has 1 N–H and O–H groups in total. The van der Waals surface area contributed by atoms with E-state index < -0.39 is 5.97 Å². The molecule has 0 saturated carbocycles. The molecule has 1 saturated heterocycles. The van der Waals surface area contributed by atoms with Crippen molar-refractivity contribution in [2.24, 2.45) is 0 Å². The number of rotatable bonds is 7. The second-order valence-corrected chi connectivity index (χ2v) is 9.54. The van der Waals surface area contributed by atoms with Crippen molar-refractivity contribution >= 4 is 41.1 Å². The van der Waals surface area contributed by atoms with Gasteiger partial charge in [0.15, 0.2) is 0 Å². The average Bonchev–Trinajstić information content (AvgIpc) is 3.17. The first-order valence-electron chi connectivity index (χ1n) is 10.0. The number of hydrogen-bond donors (Lipinski definition) is 1. The molecule has 0 spiro atoms. The average molecular weight is 469 g/mol. The minimum atomic E-state index is -0.985. The van der Waals surface area contributed by atoms with Gasteiger partial charge in [-0.3, -0.25) is 14.7 Å². The van der Waals surface area contributed by atoms with Gasteiger partial charge in [0.25, 0.3) is 0 Å². The molecule has 1 aliphatic heterocycles. The second kappa shape index (κ2) is 9.75. The molecule has 0 aliphatic carbocycles. The van der Waals surface area contributed by atoms with Crippen LogP contribution in [0.5, 0.6) is 0 Å². The van der Waals surface area contributed by atoms with Gasteiger partial charge in [-0.25, -0.2) is 9.18 Å². The van der Waals surface area contributed by atoms with Crippen LogP contribution in [0.1, 0.15) is 32.4 Å². The Morgan fingerprint density at radius 1 is 1.19 bits per heavy atom. The number of pyridine rings is 1. The predicted octanol–water partition coefficient (Wildman–Crippen LogP) is 5.34. The fourth-order valence-corrected chi connectivity index (χ4v) is 5.82. The van der Waals surface area contributed by atoms with E-state index in [1.807, 2.05) is 19.1 Å². The minimum absolute atomic E-state index is 0.0485. The Labute approximate surface area is 194 Å². The van der Waals surface area contributed by atoms with Crippen molar-refractivity contribution in [2.45, 2.75) is 23.6 Å². The lowest BCUT2D eigenvalue weighted by atomic mass is 9.97. The first kappa shape index (κ1) is 22.4. The molecule has 164 valence electrons. The maximum atomic E-state index is 13.4. The number of benzene rings is 2. The molecule has 0 radical (unpaired) electrons. The summed E-state index contributed by atoms with van der Waals surface area (Å²) in [5.74, 6) is -0.354. The lowest BCUT2D eigenvalue weighted by Crippen LogP contribution is -2.29. The molecule has 1 unspecified atom stereocenters. The molecule has 8 heteroatoms. The van der Waals surface area contributed by atoms with E-state index in [4.69, 9.17) is 0 Å². The highest BCUT2D eigenvalue weighted by Gasteiger charge is 2.35. The number of amides is 1. The summed E-state index contributed by atoms with van der Waals surface area (Å²) in [6, 6.07) is 13.3. The van der Waals surface area contributed by atoms with Crippen LogP contribution in [0.3, 0.4) is 0 Å². The highest BCUT2D eigenvalue weighted by molar-refractivity contribution is 8.00. The van der Waals surface area contributed by atoms with Crippen LogP contribution < -0.4 is 4.90 Å². The number of carboxylic acids is 1. The van der Waals surface area contributed by atoms with Crippen molar-refractivity contribution in [1.82, 2.24) is 4.98 Å². The van der Waals surface area contributed by atoms with E-state index in [1.165, 1.54) is 23.9 Å². The van der Waals surface area contributed by atoms with E-state index in [2.05, 4.69) is 4.98 Å². The Morgan fingerprint density at radius 3 is 2.59 bits per heavy atom. The van der Waals surface area contributed by atoms with E-state index >= 15 is 0 Å². The fourth-order valence-electron chi connectivity index (χ4n) is 3.79. The third-order valence-corrected chi connectivity index (χ3v) is 7.58. The Bertz CT molecular complexity index is 1140. The van der Waals surface area contributed by atoms with Crippen LogP contribution >= 0.6 is 23.5 Å². The molecule has 0 bridgehead atoms. The number of halogens is 1. The standard InChI is InChI=1S/C24H21FN2O3S2/c1-15-19(10-13-31-18-8-11-26-12-9-18)20(24(29)30)6-7-21(15)27-22(28)14-32-23(27)16-2-4-17(25)5-3-16/h2-9,11-12,23H,10,13-14H2,1H3,(H,29,30). The lowest BCUT2D eigenvalue weighted by Gasteiger charge is -2.27. The van der Waals surface area contributed by atoms with Crippen molar-refractivity contribution in [1.29, 1.82) is 0 Å².